The van der Waals surface area contributed by atoms with Crippen molar-refractivity contribution >= 4 is 11.9 Å². The number of likely N-dealkylation sites (tertiary alicyclic amines) is 1. The first-order chi connectivity index (χ1) is 19.2. The van der Waals surface area contributed by atoms with E-state index in [-0.39, 0.29) is 23.2 Å². The van der Waals surface area contributed by atoms with Crippen LogP contribution in [0.5, 0.6) is 0 Å². The molecule has 1 aromatic heterocycles. The second kappa shape index (κ2) is 9.77. The second-order valence-electron chi connectivity index (χ2n) is 12.3. The molecule has 6 rings (SSSR count). The van der Waals surface area contributed by atoms with E-state index in [4.69, 9.17) is 4.74 Å². The number of ketones is 1. The molecule has 1 aliphatic heterocycles. The quantitative estimate of drug-likeness (QED) is 0.208. The van der Waals surface area contributed by atoms with Crippen molar-refractivity contribution in [2.45, 2.75) is 44.8 Å². The van der Waals surface area contributed by atoms with Crippen molar-refractivity contribution in [2.24, 2.45) is 11.3 Å². The van der Waals surface area contributed by atoms with Crippen LogP contribution in [0.15, 0.2) is 104 Å². The third-order valence-electron chi connectivity index (χ3n) is 8.26. The molecular formula is C34H35N3O3. The molecule has 0 N–H and O–H groups in total. The van der Waals surface area contributed by atoms with Crippen molar-refractivity contribution in [3.8, 4) is 0 Å². The maximum Gasteiger partial charge on any atom is 0.410 e. The van der Waals surface area contributed by atoms with E-state index in [0.717, 1.165) is 29.5 Å². The fraction of sp³-hybridized carbons (Fsp3) is 0.324. The van der Waals surface area contributed by atoms with Gasteiger partial charge in [0.15, 0.2) is 5.78 Å². The summed E-state index contributed by atoms with van der Waals surface area (Å²) >= 11 is 0. The number of aromatic nitrogens is 2. The van der Waals surface area contributed by atoms with Gasteiger partial charge in [0.25, 0.3) is 0 Å². The largest absolute Gasteiger partial charge is 0.444 e. The van der Waals surface area contributed by atoms with E-state index in [1.54, 1.807) is 17.4 Å². The molecule has 1 saturated heterocycles. The summed E-state index contributed by atoms with van der Waals surface area (Å²) in [5, 5.41) is 0. The predicted molar refractivity (Wildman–Crippen MR) is 154 cm³/mol. The first-order valence-corrected chi connectivity index (χ1v) is 13.9. The lowest BCUT2D eigenvalue weighted by Gasteiger charge is -2.58. The minimum Gasteiger partial charge on any atom is -0.444 e. The van der Waals surface area contributed by atoms with E-state index >= 15 is 0 Å². The highest BCUT2D eigenvalue weighted by Crippen LogP contribution is 2.53. The average molecular weight is 534 g/mol. The van der Waals surface area contributed by atoms with Crippen LogP contribution in [0.25, 0.3) is 0 Å². The summed E-state index contributed by atoms with van der Waals surface area (Å²) in [4.78, 5) is 32.9. The van der Waals surface area contributed by atoms with Crippen molar-refractivity contribution in [3.63, 3.8) is 0 Å². The number of ether oxygens (including phenoxy) is 1. The Bertz CT molecular complexity index is 1400. The molecule has 0 radical (unpaired) electrons. The van der Waals surface area contributed by atoms with Crippen LogP contribution in [0.3, 0.4) is 0 Å². The van der Waals surface area contributed by atoms with Gasteiger partial charge in [0.2, 0.25) is 0 Å². The lowest BCUT2D eigenvalue weighted by Crippen LogP contribution is -2.65. The van der Waals surface area contributed by atoms with Crippen LogP contribution in [0, 0.1) is 11.3 Å². The zero-order valence-corrected chi connectivity index (χ0v) is 23.3. The molecular weight excluding hydrogens is 498 g/mol. The Morgan fingerprint density at radius 1 is 0.800 bits per heavy atom. The first kappa shape index (κ1) is 26.1. The molecule has 3 aromatic carbocycles. The Labute approximate surface area is 235 Å². The molecule has 204 valence electrons. The summed E-state index contributed by atoms with van der Waals surface area (Å²) in [6, 6.07) is 31.0. The van der Waals surface area contributed by atoms with Gasteiger partial charge in [-0.2, -0.15) is 0 Å². The van der Waals surface area contributed by atoms with E-state index in [9.17, 15) is 9.59 Å². The van der Waals surface area contributed by atoms with Crippen molar-refractivity contribution < 1.29 is 14.3 Å². The number of benzene rings is 3. The van der Waals surface area contributed by atoms with E-state index in [2.05, 4.69) is 45.9 Å². The van der Waals surface area contributed by atoms with Crippen LogP contribution in [-0.4, -0.2) is 45.0 Å². The molecule has 2 aliphatic rings. The molecule has 2 fully saturated rings. The van der Waals surface area contributed by atoms with Gasteiger partial charge in [-0.15, -0.1) is 0 Å². The maximum atomic E-state index is 14.1. The third-order valence-corrected chi connectivity index (χ3v) is 8.26. The number of hydrogen-bond donors (Lipinski definition) is 0. The Kier molecular flexibility index (Phi) is 6.37. The Balaban J connectivity index is 1.33. The summed E-state index contributed by atoms with van der Waals surface area (Å²) in [7, 11) is 0. The zero-order chi connectivity index (χ0) is 28.0. The number of rotatable bonds is 6. The van der Waals surface area contributed by atoms with Crippen LogP contribution in [0.4, 0.5) is 4.79 Å². The predicted octanol–water partition coefficient (Wildman–Crippen LogP) is 6.55. The minimum atomic E-state index is -0.781. The lowest BCUT2D eigenvalue weighted by atomic mass is 9.56. The van der Waals surface area contributed by atoms with Gasteiger partial charge in [0.05, 0.1) is 12.5 Å². The highest BCUT2D eigenvalue weighted by molar-refractivity contribution is 5.97. The third kappa shape index (κ3) is 4.41. The number of imidazole rings is 1. The molecule has 4 aromatic rings. The smallest absolute Gasteiger partial charge is 0.410 e. The highest BCUT2D eigenvalue weighted by atomic mass is 16.6. The molecule has 1 spiro atoms. The Hall–Kier alpha value is -4.19. The molecule has 1 aliphatic carbocycles. The van der Waals surface area contributed by atoms with Gasteiger partial charge in [0.1, 0.15) is 16.8 Å². The monoisotopic (exact) mass is 533 g/mol. The normalized spacial score (nSPS) is 16.7. The minimum absolute atomic E-state index is 0.0114. The van der Waals surface area contributed by atoms with Gasteiger partial charge in [0, 0.05) is 24.4 Å². The molecule has 40 heavy (non-hydrogen) atoms. The lowest BCUT2D eigenvalue weighted by molar-refractivity contribution is -0.0866. The number of amides is 1. The van der Waals surface area contributed by atoms with Gasteiger partial charge < -0.3 is 14.2 Å². The molecule has 0 unspecified atom stereocenters. The van der Waals surface area contributed by atoms with E-state index in [0.29, 0.717) is 18.8 Å². The average Bonchev–Trinajstić information content (AvgIpc) is 3.39. The number of carbonyl (C=O) groups excluding carboxylic acids is 2. The number of carbonyl (C=O) groups is 2. The van der Waals surface area contributed by atoms with Crippen molar-refractivity contribution in [1.29, 1.82) is 0 Å². The second-order valence-corrected chi connectivity index (χ2v) is 12.3. The molecule has 0 atom stereocenters. The van der Waals surface area contributed by atoms with E-state index in [1.807, 2.05) is 75.4 Å². The first-order valence-electron chi connectivity index (χ1n) is 13.9. The van der Waals surface area contributed by atoms with E-state index in [1.165, 1.54) is 0 Å². The maximum absolute atomic E-state index is 14.1. The van der Waals surface area contributed by atoms with Crippen LogP contribution < -0.4 is 0 Å². The van der Waals surface area contributed by atoms with Crippen LogP contribution >= 0.6 is 0 Å². The Morgan fingerprint density at radius 2 is 1.27 bits per heavy atom. The summed E-state index contributed by atoms with van der Waals surface area (Å²) in [6.07, 6.45) is 4.77. The molecule has 2 heterocycles. The number of Topliss-reactive ketones (excluding diaryl/α,β-unsaturated/α-hetero) is 1. The molecule has 1 amide bonds. The topological polar surface area (TPSA) is 64.4 Å². The van der Waals surface area contributed by atoms with Gasteiger partial charge in [-0.1, -0.05) is 91.0 Å². The van der Waals surface area contributed by atoms with Crippen molar-refractivity contribution in [2.75, 3.05) is 13.1 Å². The van der Waals surface area contributed by atoms with Crippen molar-refractivity contribution in [1.82, 2.24) is 14.5 Å². The standard InChI is InChI=1S/C34H35N3O3/c1-32(2,3)40-31(39)36-22-33(23-36)19-25(20-33)30(38)29-21-35-24-37(29)34(26-13-7-4-8-14-26,27-15-9-5-10-16-27)28-17-11-6-12-18-28/h4-18,21,24-25H,19-20,22-23H2,1-3H3. The van der Waals surface area contributed by atoms with E-state index < -0.39 is 11.1 Å². The van der Waals surface area contributed by atoms with Crippen LogP contribution in [0.2, 0.25) is 0 Å². The fourth-order valence-corrected chi connectivity index (χ4v) is 6.56. The zero-order valence-electron chi connectivity index (χ0n) is 23.3. The molecule has 6 nitrogen and oxygen atoms in total. The van der Waals surface area contributed by atoms with Gasteiger partial charge >= 0.3 is 6.09 Å². The summed E-state index contributed by atoms with van der Waals surface area (Å²) in [5.41, 5.74) is 2.47. The summed E-state index contributed by atoms with van der Waals surface area (Å²) < 4.78 is 7.59. The highest BCUT2D eigenvalue weighted by Gasteiger charge is 2.56. The Morgan fingerprint density at radius 3 is 1.73 bits per heavy atom. The molecule has 1 saturated carbocycles. The number of nitrogens with zero attached hydrogens (tertiary/aromatic N) is 3. The van der Waals surface area contributed by atoms with Gasteiger partial charge in [-0.3, -0.25) is 4.79 Å². The summed E-state index contributed by atoms with van der Waals surface area (Å²) in [5.74, 6) is 0.00210. The SMILES string of the molecule is CC(C)(C)OC(=O)N1CC2(CC(C(=O)c3cncn3C(c3ccccc3)(c3ccccc3)c3ccccc3)C2)C1. The molecule has 0 bridgehead atoms. The number of hydrogen-bond acceptors (Lipinski definition) is 4. The van der Waals surface area contributed by atoms with Crippen LogP contribution in [-0.2, 0) is 10.3 Å². The van der Waals surface area contributed by atoms with Gasteiger partial charge in [-0.05, 0) is 50.3 Å². The fourth-order valence-electron chi connectivity index (χ4n) is 6.56. The van der Waals surface area contributed by atoms with Gasteiger partial charge in [-0.25, -0.2) is 9.78 Å². The molecule has 6 heteroatoms. The van der Waals surface area contributed by atoms with Crippen molar-refractivity contribution in [3.05, 3.63) is 126 Å². The summed E-state index contributed by atoms with van der Waals surface area (Å²) in [6.45, 7) is 6.92. The van der Waals surface area contributed by atoms with Crippen LogP contribution in [0.1, 0.15) is 60.8 Å².